The zero-order chi connectivity index (χ0) is 10.6. The standard InChI is InChI=1S/C8H17N3O2/c1-6(2)10(3)7(9)11(4)8(12)13-5/h6,9H,1-5H3. The fourth-order valence-corrected chi connectivity index (χ4v) is 0.705. The van der Waals surface area contributed by atoms with Gasteiger partial charge in [0.15, 0.2) is 0 Å². The van der Waals surface area contributed by atoms with Gasteiger partial charge in [-0.3, -0.25) is 10.3 Å². The van der Waals surface area contributed by atoms with E-state index < -0.39 is 6.09 Å². The van der Waals surface area contributed by atoms with Crippen molar-refractivity contribution in [2.75, 3.05) is 21.2 Å². The van der Waals surface area contributed by atoms with Crippen LogP contribution in [0.2, 0.25) is 0 Å². The molecule has 0 saturated heterocycles. The van der Waals surface area contributed by atoms with Crippen molar-refractivity contribution in [2.45, 2.75) is 19.9 Å². The summed E-state index contributed by atoms with van der Waals surface area (Å²) >= 11 is 0. The Kier molecular flexibility index (Phi) is 4.23. The largest absolute Gasteiger partial charge is 0.452 e. The maximum Gasteiger partial charge on any atom is 0.416 e. The number of rotatable bonds is 1. The third-order valence-corrected chi connectivity index (χ3v) is 1.87. The Bertz CT molecular complexity index is 204. The van der Waals surface area contributed by atoms with E-state index in [0.29, 0.717) is 0 Å². The van der Waals surface area contributed by atoms with E-state index in [0.717, 1.165) is 4.90 Å². The molecule has 0 aromatic rings. The highest BCUT2D eigenvalue weighted by atomic mass is 16.5. The van der Waals surface area contributed by atoms with Crippen molar-refractivity contribution >= 4 is 12.1 Å². The minimum Gasteiger partial charge on any atom is -0.452 e. The second-order valence-electron chi connectivity index (χ2n) is 3.06. The molecule has 0 aromatic heterocycles. The Morgan fingerprint density at radius 1 is 1.38 bits per heavy atom. The van der Waals surface area contributed by atoms with Crippen LogP contribution in [-0.4, -0.2) is 49.1 Å². The van der Waals surface area contributed by atoms with Crippen LogP contribution < -0.4 is 0 Å². The molecule has 0 spiro atoms. The summed E-state index contributed by atoms with van der Waals surface area (Å²) in [5, 5.41) is 7.62. The Hall–Kier alpha value is -1.26. The number of ether oxygens (including phenoxy) is 1. The number of nitrogens with one attached hydrogen (secondary N) is 1. The first-order chi connectivity index (χ1) is 5.91. The number of methoxy groups -OCH3 is 1. The predicted molar refractivity (Wildman–Crippen MR) is 50.8 cm³/mol. The van der Waals surface area contributed by atoms with E-state index in [4.69, 9.17) is 5.41 Å². The van der Waals surface area contributed by atoms with Crippen LogP contribution in [0.15, 0.2) is 0 Å². The lowest BCUT2D eigenvalue weighted by molar-refractivity contribution is 0.147. The lowest BCUT2D eigenvalue weighted by Gasteiger charge is -2.28. The van der Waals surface area contributed by atoms with Gasteiger partial charge in [0.25, 0.3) is 0 Å². The fraction of sp³-hybridized carbons (Fsp3) is 0.750. The maximum absolute atomic E-state index is 11.0. The fourth-order valence-electron chi connectivity index (χ4n) is 0.705. The first kappa shape index (κ1) is 11.7. The molecule has 0 atom stereocenters. The SMILES string of the molecule is COC(=O)N(C)C(=N)N(C)C(C)C. The minimum atomic E-state index is -0.530. The molecule has 0 aliphatic carbocycles. The topological polar surface area (TPSA) is 56.6 Å². The molecule has 0 unspecified atom stereocenters. The van der Waals surface area contributed by atoms with E-state index in [-0.39, 0.29) is 12.0 Å². The number of guanidine groups is 1. The van der Waals surface area contributed by atoms with Gasteiger partial charge >= 0.3 is 6.09 Å². The van der Waals surface area contributed by atoms with Gasteiger partial charge in [0.1, 0.15) is 0 Å². The number of carbonyl (C=O) groups is 1. The van der Waals surface area contributed by atoms with E-state index in [9.17, 15) is 4.79 Å². The molecule has 5 nitrogen and oxygen atoms in total. The van der Waals surface area contributed by atoms with Crippen LogP contribution in [0.3, 0.4) is 0 Å². The third-order valence-electron chi connectivity index (χ3n) is 1.87. The molecule has 76 valence electrons. The molecule has 0 saturated carbocycles. The second-order valence-corrected chi connectivity index (χ2v) is 3.06. The summed E-state index contributed by atoms with van der Waals surface area (Å²) < 4.78 is 4.48. The number of hydrogen-bond acceptors (Lipinski definition) is 3. The predicted octanol–water partition coefficient (Wildman–Crippen LogP) is 0.960. The van der Waals surface area contributed by atoms with Crippen LogP contribution >= 0.6 is 0 Å². The first-order valence-corrected chi connectivity index (χ1v) is 4.04. The van der Waals surface area contributed by atoms with Gasteiger partial charge in [-0.25, -0.2) is 4.79 Å². The van der Waals surface area contributed by atoms with Crippen LogP contribution in [0, 0.1) is 5.41 Å². The number of nitrogens with zero attached hydrogens (tertiary/aromatic N) is 2. The van der Waals surface area contributed by atoms with Crippen molar-refractivity contribution in [1.29, 1.82) is 5.41 Å². The highest BCUT2D eigenvalue weighted by Crippen LogP contribution is 1.99. The second kappa shape index (κ2) is 4.69. The van der Waals surface area contributed by atoms with Gasteiger partial charge in [-0.2, -0.15) is 0 Å². The van der Waals surface area contributed by atoms with Gasteiger partial charge in [-0.1, -0.05) is 0 Å². The normalized spacial score (nSPS) is 9.69. The van der Waals surface area contributed by atoms with Crippen LogP contribution in [0.25, 0.3) is 0 Å². The zero-order valence-electron chi connectivity index (χ0n) is 8.79. The van der Waals surface area contributed by atoms with Gasteiger partial charge in [-0.05, 0) is 13.8 Å². The number of hydrogen-bond donors (Lipinski definition) is 1. The van der Waals surface area contributed by atoms with Crippen LogP contribution in [0.1, 0.15) is 13.8 Å². The smallest absolute Gasteiger partial charge is 0.416 e. The summed E-state index contributed by atoms with van der Waals surface area (Å²) in [6.07, 6.45) is -0.530. The van der Waals surface area contributed by atoms with Gasteiger partial charge in [0, 0.05) is 20.1 Å². The van der Waals surface area contributed by atoms with Gasteiger partial charge in [0.05, 0.1) is 7.11 Å². The molecule has 5 heteroatoms. The molecule has 13 heavy (non-hydrogen) atoms. The lowest BCUT2D eigenvalue weighted by atomic mass is 10.3. The Balaban J connectivity index is 4.34. The van der Waals surface area contributed by atoms with Crippen molar-refractivity contribution in [3.8, 4) is 0 Å². The molecular weight excluding hydrogens is 170 g/mol. The molecule has 1 N–H and O–H groups in total. The van der Waals surface area contributed by atoms with Crippen LogP contribution in [0.5, 0.6) is 0 Å². The van der Waals surface area contributed by atoms with Gasteiger partial charge in [-0.15, -0.1) is 0 Å². The highest BCUT2D eigenvalue weighted by Gasteiger charge is 2.18. The molecule has 1 amide bonds. The van der Waals surface area contributed by atoms with E-state index in [1.165, 1.54) is 14.2 Å². The van der Waals surface area contributed by atoms with Crippen molar-refractivity contribution in [2.24, 2.45) is 0 Å². The number of carbonyl (C=O) groups excluding carboxylic acids is 1. The van der Waals surface area contributed by atoms with Crippen molar-refractivity contribution in [1.82, 2.24) is 9.80 Å². The molecular formula is C8H17N3O2. The summed E-state index contributed by atoms with van der Waals surface area (Å²) in [5.74, 6) is 0.127. The summed E-state index contributed by atoms with van der Waals surface area (Å²) in [4.78, 5) is 13.8. The van der Waals surface area contributed by atoms with Gasteiger partial charge < -0.3 is 9.64 Å². The Morgan fingerprint density at radius 3 is 2.15 bits per heavy atom. The molecule has 0 aromatic carbocycles. The van der Waals surface area contributed by atoms with E-state index in [1.54, 1.807) is 11.9 Å². The molecule has 0 heterocycles. The molecule has 0 rings (SSSR count). The van der Waals surface area contributed by atoms with Crippen LogP contribution in [0.4, 0.5) is 4.79 Å². The molecule has 0 radical (unpaired) electrons. The van der Waals surface area contributed by atoms with E-state index in [1.807, 2.05) is 13.8 Å². The summed E-state index contributed by atoms with van der Waals surface area (Å²) in [6, 6.07) is 0.180. The molecule has 0 aliphatic heterocycles. The van der Waals surface area contributed by atoms with E-state index >= 15 is 0 Å². The maximum atomic E-state index is 11.0. The van der Waals surface area contributed by atoms with Crippen molar-refractivity contribution < 1.29 is 9.53 Å². The molecule has 0 fully saturated rings. The van der Waals surface area contributed by atoms with E-state index in [2.05, 4.69) is 4.74 Å². The summed E-state index contributed by atoms with van der Waals surface area (Å²) in [5.41, 5.74) is 0. The zero-order valence-corrected chi connectivity index (χ0v) is 8.79. The Labute approximate surface area is 78.8 Å². The Morgan fingerprint density at radius 2 is 1.85 bits per heavy atom. The quantitative estimate of drug-likeness (QED) is 0.491. The van der Waals surface area contributed by atoms with Crippen molar-refractivity contribution in [3.05, 3.63) is 0 Å². The third kappa shape index (κ3) is 2.93. The van der Waals surface area contributed by atoms with Gasteiger partial charge in [0.2, 0.25) is 5.96 Å². The lowest BCUT2D eigenvalue weighted by Crippen LogP contribution is -2.45. The average molecular weight is 187 g/mol. The first-order valence-electron chi connectivity index (χ1n) is 4.04. The summed E-state index contributed by atoms with van der Waals surface area (Å²) in [6.45, 7) is 3.89. The molecule has 0 bridgehead atoms. The highest BCUT2D eigenvalue weighted by molar-refractivity contribution is 5.91. The molecule has 0 aliphatic rings. The summed E-state index contributed by atoms with van der Waals surface area (Å²) in [7, 11) is 4.56. The van der Waals surface area contributed by atoms with Crippen LogP contribution in [-0.2, 0) is 4.74 Å². The minimum absolute atomic E-state index is 0.127. The van der Waals surface area contributed by atoms with Crippen molar-refractivity contribution in [3.63, 3.8) is 0 Å². The number of amides is 1. The monoisotopic (exact) mass is 187 g/mol. The average Bonchev–Trinajstić information content (AvgIpc) is 2.12.